The van der Waals surface area contributed by atoms with Crippen molar-refractivity contribution in [2.45, 2.75) is 6.42 Å². The van der Waals surface area contributed by atoms with Gasteiger partial charge in [-0.25, -0.2) is 4.79 Å². The van der Waals surface area contributed by atoms with E-state index in [4.69, 9.17) is 5.73 Å². The Hall–Kier alpha value is -2.33. The zero-order valence-electron chi connectivity index (χ0n) is 9.63. The molecule has 0 fully saturated rings. The van der Waals surface area contributed by atoms with E-state index in [9.17, 15) is 10.0 Å². The predicted octanol–water partition coefficient (Wildman–Crippen LogP) is 2.53. The number of amides is 2. The topological polar surface area (TPSA) is 66.6 Å². The van der Waals surface area contributed by atoms with Gasteiger partial charge in [-0.05, 0) is 40.8 Å². The van der Waals surface area contributed by atoms with Gasteiger partial charge in [0.15, 0.2) is 0 Å². The Morgan fingerprint density at radius 1 is 1.11 bits per heavy atom. The van der Waals surface area contributed by atoms with Crippen LogP contribution in [0.5, 0.6) is 0 Å². The minimum Gasteiger partial charge on any atom is -0.349 e. The molecule has 0 atom stereocenters. The van der Waals surface area contributed by atoms with E-state index in [0.29, 0.717) is 10.8 Å². The number of fused-ring (bicyclic) bond motifs is 3. The summed E-state index contributed by atoms with van der Waals surface area (Å²) in [6, 6.07) is 12.7. The molecule has 3 rings (SSSR count). The summed E-state index contributed by atoms with van der Waals surface area (Å²) in [4.78, 5) is 10.9. The van der Waals surface area contributed by atoms with E-state index in [2.05, 4.69) is 12.1 Å². The molecular formula is C14H12N2O2. The van der Waals surface area contributed by atoms with Crippen molar-refractivity contribution >= 4 is 11.7 Å². The van der Waals surface area contributed by atoms with Crippen LogP contribution in [0.1, 0.15) is 11.1 Å². The fraction of sp³-hybridized carbons (Fsp3) is 0.0714. The molecule has 0 spiro atoms. The van der Waals surface area contributed by atoms with E-state index < -0.39 is 6.03 Å². The van der Waals surface area contributed by atoms with E-state index in [1.165, 1.54) is 11.1 Å². The number of hydroxylamine groups is 1. The van der Waals surface area contributed by atoms with Crippen LogP contribution in [0, 0.1) is 0 Å². The minimum atomic E-state index is -0.884. The second kappa shape index (κ2) is 3.85. The summed E-state index contributed by atoms with van der Waals surface area (Å²) in [6.45, 7) is 0. The fourth-order valence-corrected chi connectivity index (χ4v) is 2.39. The molecule has 90 valence electrons. The maximum Gasteiger partial charge on any atom is 0.343 e. The highest BCUT2D eigenvalue weighted by Crippen LogP contribution is 2.37. The van der Waals surface area contributed by atoms with Crippen molar-refractivity contribution in [1.82, 2.24) is 0 Å². The van der Waals surface area contributed by atoms with E-state index in [1.807, 2.05) is 18.2 Å². The standard InChI is InChI=1S/C14H12N2O2/c15-14(17)16(18)11-5-6-13-10(8-11)7-9-3-1-2-4-12(9)13/h1-6,8,18H,7H2,(H2,15,17). The van der Waals surface area contributed by atoms with Crippen LogP contribution in [-0.4, -0.2) is 11.2 Å². The molecule has 4 heteroatoms. The number of carbonyl (C=O) groups excluding carboxylic acids is 1. The second-order valence-corrected chi connectivity index (χ2v) is 4.33. The molecule has 0 unspecified atom stereocenters. The first-order valence-electron chi connectivity index (χ1n) is 5.66. The van der Waals surface area contributed by atoms with Gasteiger partial charge < -0.3 is 5.73 Å². The lowest BCUT2D eigenvalue weighted by Crippen LogP contribution is -2.32. The predicted molar refractivity (Wildman–Crippen MR) is 68.5 cm³/mol. The van der Waals surface area contributed by atoms with Gasteiger partial charge in [-0.1, -0.05) is 30.3 Å². The first kappa shape index (κ1) is 10.8. The SMILES string of the molecule is NC(=O)N(O)c1ccc2c(c1)Cc1ccccc1-2. The largest absolute Gasteiger partial charge is 0.349 e. The molecule has 3 N–H and O–H groups in total. The van der Waals surface area contributed by atoms with Crippen LogP contribution in [0.25, 0.3) is 11.1 Å². The van der Waals surface area contributed by atoms with Crippen LogP contribution in [0.2, 0.25) is 0 Å². The first-order valence-corrected chi connectivity index (χ1v) is 5.66. The smallest absolute Gasteiger partial charge is 0.343 e. The Balaban J connectivity index is 2.06. The van der Waals surface area contributed by atoms with E-state index in [1.54, 1.807) is 12.1 Å². The van der Waals surface area contributed by atoms with Gasteiger partial charge in [0.2, 0.25) is 0 Å². The van der Waals surface area contributed by atoms with Crippen molar-refractivity contribution < 1.29 is 10.0 Å². The summed E-state index contributed by atoms with van der Waals surface area (Å²) >= 11 is 0. The normalized spacial score (nSPS) is 11.8. The number of hydrogen-bond donors (Lipinski definition) is 2. The lowest BCUT2D eigenvalue weighted by atomic mass is 10.1. The minimum absolute atomic E-state index is 0.397. The molecular weight excluding hydrogens is 228 g/mol. The van der Waals surface area contributed by atoms with Crippen molar-refractivity contribution in [3.8, 4) is 11.1 Å². The van der Waals surface area contributed by atoms with Gasteiger partial charge in [0.1, 0.15) is 0 Å². The lowest BCUT2D eigenvalue weighted by molar-refractivity contribution is 0.212. The number of benzene rings is 2. The first-order chi connectivity index (χ1) is 8.66. The van der Waals surface area contributed by atoms with Gasteiger partial charge >= 0.3 is 6.03 Å². The third kappa shape index (κ3) is 1.55. The number of nitrogens with zero attached hydrogens (tertiary/aromatic N) is 1. The highest BCUT2D eigenvalue weighted by Gasteiger charge is 2.19. The number of carbonyl (C=O) groups is 1. The Kier molecular flexibility index (Phi) is 2.31. The molecule has 1 aliphatic carbocycles. The van der Waals surface area contributed by atoms with E-state index >= 15 is 0 Å². The van der Waals surface area contributed by atoms with Crippen molar-refractivity contribution in [2.24, 2.45) is 5.73 Å². The Morgan fingerprint density at radius 3 is 2.61 bits per heavy atom. The number of hydrogen-bond acceptors (Lipinski definition) is 2. The lowest BCUT2D eigenvalue weighted by Gasteiger charge is -2.13. The molecule has 2 aromatic carbocycles. The molecule has 0 saturated carbocycles. The zero-order chi connectivity index (χ0) is 12.7. The number of rotatable bonds is 1. The maximum atomic E-state index is 10.9. The molecule has 0 aromatic heterocycles. The van der Waals surface area contributed by atoms with Crippen molar-refractivity contribution in [1.29, 1.82) is 0 Å². The molecule has 0 bridgehead atoms. The number of anilines is 1. The molecule has 1 aliphatic rings. The number of primary amides is 1. The van der Waals surface area contributed by atoms with Gasteiger partial charge in [-0.3, -0.25) is 5.21 Å². The summed E-state index contributed by atoms with van der Waals surface area (Å²) in [6.07, 6.45) is 0.811. The van der Waals surface area contributed by atoms with E-state index in [0.717, 1.165) is 17.5 Å². The maximum absolute atomic E-state index is 10.9. The van der Waals surface area contributed by atoms with Crippen LogP contribution in [0.3, 0.4) is 0 Å². The molecule has 0 heterocycles. The van der Waals surface area contributed by atoms with Crippen LogP contribution >= 0.6 is 0 Å². The average molecular weight is 240 g/mol. The third-order valence-corrected chi connectivity index (χ3v) is 3.23. The number of nitrogens with two attached hydrogens (primary N) is 1. The molecule has 0 aliphatic heterocycles. The molecule has 2 amide bonds. The highest BCUT2D eigenvalue weighted by atomic mass is 16.5. The molecule has 0 radical (unpaired) electrons. The van der Waals surface area contributed by atoms with Crippen LogP contribution < -0.4 is 10.8 Å². The zero-order valence-corrected chi connectivity index (χ0v) is 9.63. The van der Waals surface area contributed by atoms with Gasteiger partial charge in [0, 0.05) is 0 Å². The Morgan fingerprint density at radius 2 is 1.83 bits per heavy atom. The van der Waals surface area contributed by atoms with Crippen molar-refractivity contribution in [2.75, 3.05) is 5.06 Å². The van der Waals surface area contributed by atoms with Crippen molar-refractivity contribution in [3.63, 3.8) is 0 Å². The van der Waals surface area contributed by atoms with Crippen LogP contribution in [0.15, 0.2) is 42.5 Å². The Labute approximate surface area is 104 Å². The average Bonchev–Trinajstić information content (AvgIpc) is 2.75. The summed E-state index contributed by atoms with van der Waals surface area (Å²) in [7, 11) is 0. The molecule has 4 nitrogen and oxygen atoms in total. The van der Waals surface area contributed by atoms with Crippen LogP contribution in [-0.2, 0) is 6.42 Å². The number of urea groups is 1. The van der Waals surface area contributed by atoms with Gasteiger partial charge in [0.05, 0.1) is 5.69 Å². The third-order valence-electron chi connectivity index (χ3n) is 3.23. The van der Waals surface area contributed by atoms with E-state index in [-0.39, 0.29) is 0 Å². The summed E-state index contributed by atoms with van der Waals surface area (Å²) in [5, 5.41) is 9.97. The van der Waals surface area contributed by atoms with Gasteiger partial charge in [0.25, 0.3) is 0 Å². The molecule has 0 saturated heterocycles. The van der Waals surface area contributed by atoms with Crippen molar-refractivity contribution in [3.05, 3.63) is 53.6 Å². The van der Waals surface area contributed by atoms with Gasteiger partial charge in [-0.2, -0.15) is 5.06 Å². The fourth-order valence-electron chi connectivity index (χ4n) is 2.39. The summed E-state index contributed by atoms with van der Waals surface area (Å²) < 4.78 is 0. The highest BCUT2D eigenvalue weighted by molar-refractivity contribution is 5.89. The summed E-state index contributed by atoms with van der Waals surface area (Å²) in [5.41, 5.74) is 10.1. The Bertz CT molecular complexity index is 637. The summed E-state index contributed by atoms with van der Waals surface area (Å²) in [5.74, 6) is 0. The quantitative estimate of drug-likeness (QED) is 0.507. The van der Waals surface area contributed by atoms with Gasteiger partial charge in [-0.15, -0.1) is 0 Å². The van der Waals surface area contributed by atoms with Crippen LogP contribution in [0.4, 0.5) is 10.5 Å². The molecule has 18 heavy (non-hydrogen) atoms. The molecule has 2 aromatic rings. The monoisotopic (exact) mass is 240 g/mol. The second-order valence-electron chi connectivity index (χ2n) is 4.33.